The second-order valence-corrected chi connectivity index (χ2v) is 11.2. The molecule has 0 spiro atoms. The average molecular weight is 551 g/mol. The number of hydrogen-bond donors (Lipinski definition) is 3. The van der Waals surface area contributed by atoms with Gasteiger partial charge in [-0.2, -0.15) is 0 Å². The number of likely N-dealkylation sites (tertiary alicyclic amines) is 1. The van der Waals surface area contributed by atoms with Crippen molar-refractivity contribution in [1.29, 1.82) is 0 Å². The number of nitrogens with zero attached hydrogens (tertiary/aromatic N) is 2. The summed E-state index contributed by atoms with van der Waals surface area (Å²) < 4.78 is 6.05. The van der Waals surface area contributed by atoms with Gasteiger partial charge in [0.25, 0.3) is 5.91 Å². The van der Waals surface area contributed by atoms with E-state index >= 15 is 0 Å². The van der Waals surface area contributed by atoms with E-state index in [-0.39, 0.29) is 54.0 Å². The quantitative estimate of drug-likeness (QED) is 0.525. The van der Waals surface area contributed by atoms with Crippen molar-refractivity contribution in [2.45, 2.75) is 71.2 Å². The van der Waals surface area contributed by atoms with Gasteiger partial charge in [-0.05, 0) is 42.9 Å². The number of fused-ring (bicyclic) bond motifs is 1. The first kappa shape index (κ1) is 29.7. The number of benzene rings is 1. The molecule has 1 saturated heterocycles. The Kier molecular flexibility index (Phi) is 10.0. The van der Waals surface area contributed by atoms with Crippen molar-refractivity contribution in [2.24, 2.45) is 11.8 Å². The van der Waals surface area contributed by atoms with Crippen LogP contribution in [-0.2, 0) is 14.4 Å². The first-order valence-corrected chi connectivity index (χ1v) is 13.5. The molecule has 0 saturated carbocycles. The lowest BCUT2D eigenvalue weighted by Crippen LogP contribution is -2.58. The van der Waals surface area contributed by atoms with Gasteiger partial charge < -0.3 is 30.3 Å². The van der Waals surface area contributed by atoms with Crippen molar-refractivity contribution in [3.8, 4) is 5.75 Å². The number of amides is 4. The smallest absolute Gasteiger partial charge is 0.255 e. The van der Waals surface area contributed by atoms with Crippen LogP contribution in [0.5, 0.6) is 5.75 Å². The Morgan fingerprint density at radius 2 is 1.76 bits per heavy atom. The minimum atomic E-state index is -1.24. The number of piperidine rings is 1. The predicted molar refractivity (Wildman–Crippen MR) is 143 cm³/mol. The number of aliphatic hydroxyl groups excluding tert-OH is 1. The zero-order valence-corrected chi connectivity index (χ0v) is 23.5. The third-order valence-electron chi connectivity index (χ3n) is 7.26. The largest absolute Gasteiger partial charge is 0.491 e. The van der Waals surface area contributed by atoms with Gasteiger partial charge in [-0.25, -0.2) is 0 Å². The number of hydrogen-bond acceptors (Lipinski definition) is 6. The molecule has 2 aliphatic rings. The first-order chi connectivity index (χ1) is 17.9. The molecule has 3 rings (SSSR count). The van der Waals surface area contributed by atoms with Crippen LogP contribution in [-0.4, -0.2) is 89.5 Å². The topological polar surface area (TPSA) is 128 Å². The van der Waals surface area contributed by atoms with Gasteiger partial charge >= 0.3 is 0 Å². The second kappa shape index (κ2) is 12.8. The number of likely N-dealkylation sites (N-methyl/N-ethyl adjacent to an activating group) is 1. The summed E-state index contributed by atoms with van der Waals surface area (Å²) in [4.78, 5) is 56.8. The highest BCUT2D eigenvalue weighted by Crippen LogP contribution is 2.25. The Morgan fingerprint density at radius 1 is 1.11 bits per heavy atom. The standard InChI is InChI=1S/C27H39ClN4O6/c1-15(2)21-14-38-22-7-6-17(28)12-19(22)25(35)29-20(13-23(34)32-10-8-18(33)9-11-32)26(36)30-24(16(3)4)27(37)31(21)5/h6-7,12,15-16,18,20-21,24,33H,8-11,13-14H2,1-5H3,(H,29,35)(H,30,36)/t20-,21-,24+/m0/s1. The van der Waals surface area contributed by atoms with Crippen molar-refractivity contribution < 1.29 is 29.0 Å². The minimum absolute atomic E-state index is 0.0237. The molecule has 38 heavy (non-hydrogen) atoms. The number of carbonyl (C=O) groups is 4. The van der Waals surface area contributed by atoms with Crippen molar-refractivity contribution in [1.82, 2.24) is 20.4 Å². The van der Waals surface area contributed by atoms with Gasteiger partial charge in [-0.1, -0.05) is 39.3 Å². The highest BCUT2D eigenvalue weighted by molar-refractivity contribution is 6.31. The van der Waals surface area contributed by atoms with Crippen LogP contribution in [0.15, 0.2) is 18.2 Å². The van der Waals surface area contributed by atoms with Crippen molar-refractivity contribution in [3.05, 3.63) is 28.8 Å². The molecule has 3 atom stereocenters. The van der Waals surface area contributed by atoms with Gasteiger partial charge in [0, 0.05) is 25.2 Å². The summed E-state index contributed by atoms with van der Waals surface area (Å²) in [5.74, 6) is -1.83. The summed E-state index contributed by atoms with van der Waals surface area (Å²) in [7, 11) is 1.68. The molecule has 10 nitrogen and oxygen atoms in total. The van der Waals surface area contributed by atoms with E-state index in [0.717, 1.165) is 0 Å². The second-order valence-electron chi connectivity index (χ2n) is 10.8. The van der Waals surface area contributed by atoms with Crippen LogP contribution in [0, 0.1) is 11.8 Å². The number of ether oxygens (including phenoxy) is 1. The first-order valence-electron chi connectivity index (χ1n) is 13.1. The number of aliphatic hydroxyl groups is 1. The van der Waals surface area contributed by atoms with Crippen LogP contribution < -0.4 is 15.4 Å². The minimum Gasteiger partial charge on any atom is -0.491 e. The third kappa shape index (κ3) is 7.17. The number of nitrogens with one attached hydrogen (secondary N) is 2. The fraction of sp³-hybridized carbons (Fsp3) is 0.630. The summed E-state index contributed by atoms with van der Waals surface area (Å²) in [6, 6.07) is 2.18. The van der Waals surface area contributed by atoms with Crippen LogP contribution in [0.4, 0.5) is 0 Å². The number of rotatable bonds is 4. The van der Waals surface area contributed by atoms with Crippen LogP contribution in [0.3, 0.4) is 0 Å². The van der Waals surface area contributed by atoms with Gasteiger partial charge in [-0.3, -0.25) is 19.2 Å². The van der Waals surface area contributed by atoms with E-state index in [0.29, 0.717) is 31.0 Å². The molecule has 0 unspecified atom stereocenters. The molecule has 4 amide bonds. The Balaban J connectivity index is 1.99. The molecular formula is C27H39ClN4O6. The van der Waals surface area contributed by atoms with Gasteiger partial charge in [0.15, 0.2) is 0 Å². The molecule has 1 aromatic rings. The summed E-state index contributed by atoms with van der Waals surface area (Å²) in [5.41, 5.74) is 0.125. The van der Waals surface area contributed by atoms with E-state index in [1.54, 1.807) is 29.0 Å². The summed E-state index contributed by atoms with van der Waals surface area (Å²) in [6.45, 7) is 8.44. The highest BCUT2D eigenvalue weighted by atomic mass is 35.5. The maximum atomic E-state index is 13.6. The van der Waals surface area contributed by atoms with Crippen LogP contribution in [0.1, 0.15) is 57.3 Å². The van der Waals surface area contributed by atoms with E-state index < -0.39 is 30.0 Å². The number of halogens is 1. The Morgan fingerprint density at radius 3 is 2.37 bits per heavy atom. The van der Waals surface area contributed by atoms with Crippen LogP contribution in [0.25, 0.3) is 0 Å². The fourth-order valence-electron chi connectivity index (χ4n) is 4.75. The van der Waals surface area contributed by atoms with E-state index in [2.05, 4.69) is 10.6 Å². The Hall–Kier alpha value is -2.85. The molecule has 2 heterocycles. The monoisotopic (exact) mass is 550 g/mol. The lowest BCUT2D eigenvalue weighted by atomic mass is 9.98. The summed E-state index contributed by atoms with van der Waals surface area (Å²) in [6.07, 6.45) is 0.142. The van der Waals surface area contributed by atoms with Gasteiger partial charge in [0.2, 0.25) is 17.7 Å². The van der Waals surface area contributed by atoms with Gasteiger partial charge in [0.05, 0.1) is 24.1 Å². The van der Waals surface area contributed by atoms with Gasteiger partial charge in [0.1, 0.15) is 24.4 Å². The normalized spacial score (nSPS) is 24.1. The number of carbonyl (C=O) groups excluding carboxylic acids is 4. The summed E-state index contributed by atoms with van der Waals surface area (Å²) >= 11 is 6.18. The van der Waals surface area contributed by atoms with Crippen molar-refractivity contribution in [3.63, 3.8) is 0 Å². The lowest BCUT2D eigenvalue weighted by molar-refractivity contribution is -0.140. The van der Waals surface area contributed by atoms with Crippen molar-refractivity contribution >= 4 is 35.2 Å². The zero-order valence-electron chi connectivity index (χ0n) is 22.7. The highest BCUT2D eigenvalue weighted by Gasteiger charge is 2.36. The molecule has 2 aliphatic heterocycles. The Bertz CT molecular complexity index is 1040. The molecule has 1 fully saturated rings. The fourth-order valence-corrected chi connectivity index (χ4v) is 4.92. The van der Waals surface area contributed by atoms with Crippen LogP contribution in [0.2, 0.25) is 5.02 Å². The molecule has 3 N–H and O–H groups in total. The average Bonchev–Trinajstić information content (AvgIpc) is 2.86. The predicted octanol–water partition coefficient (Wildman–Crippen LogP) is 1.83. The maximum Gasteiger partial charge on any atom is 0.255 e. The molecule has 11 heteroatoms. The van der Waals surface area contributed by atoms with Gasteiger partial charge in [-0.15, -0.1) is 0 Å². The molecule has 0 radical (unpaired) electrons. The lowest BCUT2D eigenvalue weighted by Gasteiger charge is -2.35. The van der Waals surface area contributed by atoms with Crippen molar-refractivity contribution in [2.75, 3.05) is 26.7 Å². The molecule has 0 aliphatic carbocycles. The summed E-state index contributed by atoms with van der Waals surface area (Å²) in [5, 5.41) is 15.6. The van der Waals surface area contributed by atoms with E-state index in [1.165, 1.54) is 6.07 Å². The maximum absolute atomic E-state index is 13.6. The van der Waals surface area contributed by atoms with Crippen LogP contribution >= 0.6 is 11.6 Å². The molecule has 0 aromatic heterocycles. The van der Waals surface area contributed by atoms with E-state index in [1.807, 2.05) is 27.7 Å². The SMILES string of the molecule is CC(C)[C@H]1NC(=O)[C@H](CC(=O)N2CCC(O)CC2)NC(=O)c2cc(Cl)ccc2OC[C@@H](C(C)C)N(C)C1=O. The Labute approximate surface area is 229 Å². The van der Waals surface area contributed by atoms with E-state index in [4.69, 9.17) is 16.3 Å². The molecule has 210 valence electrons. The zero-order chi connectivity index (χ0) is 28.1. The molecular weight excluding hydrogens is 512 g/mol. The van der Waals surface area contributed by atoms with E-state index in [9.17, 15) is 24.3 Å². The molecule has 1 aromatic carbocycles. The molecule has 0 bridgehead atoms. The third-order valence-corrected chi connectivity index (χ3v) is 7.49.